The maximum Gasteiger partial charge on any atom is 0.237 e. The molecule has 2 atom stereocenters. The molecule has 0 aromatic carbocycles. The van der Waals surface area contributed by atoms with E-state index in [1.807, 2.05) is 20.8 Å². The minimum absolute atomic E-state index is 0.0686. The van der Waals surface area contributed by atoms with Crippen molar-refractivity contribution in [2.45, 2.75) is 33.2 Å². The van der Waals surface area contributed by atoms with E-state index in [0.29, 0.717) is 6.54 Å². The number of likely N-dealkylation sites (N-methyl/N-ethyl adjacent to an activating group) is 1. The van der Waals surface area contributed by atoms with Crippen LogP contribution in [0, 0.1) is 5.92 Å². The first-order chi connectivity index (χ1) is 7.60. The van der Waals surface area contributed by atoms with Gasteiger partial charge in [-0.2, -0.15) is 0 Å². The van der Waals surface area contributed by atoms with E-state index in [1.54, 1.807) is 0 Å². The van der Waals surface area contributed by atoms with Crippen molar-refractivity contribution in [2.24, 2.45) is 11.1 Å². The van der Waals surface area contributed by atoms with Crippen LogP contribution in [-0.4, -0.2) is 47.4 Å². The second-order valence-electron chi connectivity index (χ2n) is 4.31. The Morgan fingerprint density at radius 3 is 2.94 bits per heavy atom. The largest absolute Gasteiger partial charge is 0.411 e. The summed E-state index contributed by atoms with van der Waals surface area (Å²) < 4.78 is 0. The second-order valence-corrected chi connectivity index (χ2v) is 4.31. The molecule has 1 aliphatic heterocycles. The molecule has 92 valence electrons. The number of amides is 1. The third-order valence-corrected chi connectivity index (χ3v) is 3.14. The Hall–Kier alpha value is -1.10. The Balaban J connectivity index is 2.54. The van der Waals surface area contributed by atoms with E-state index in [2.05, 4.69) is 15.4 Å². The number of piperidine rings is 1. The molecule has 1 fully saturated rings. The van der Waals surface area contributed by atoms with Crippen LogP contribution >= 0.6 is 0 Å². The zero-order chi connectivity index (χ0) is 12.1. The molecule has 1 saturated heterocycles. The second kappa shape index (κ2) is 5.84. The minimum Gasteiger partial charge on any atom is -0.411 e. The molecule has 0 aromatic rings. The highest BCUT2D eigenvalue weighted by Gasteiger charge is 2.28. The highest BCUT2D eigenvalue weighted by atomic mass is 16.4. The van der Waals surface area contributed by atoms with Crippen molar-refractivity contribution in [3.63, 3.8) is 0 Å². The molecule has 0 aliphatic carbocycles. The molecule has 1 amide bonds. The molecule has 1 rings (SSSR count). The Kier molecular flexibility index (Phi) is 4.73. The van der Waals surface area contributed by atoms with Crippen LogP contribution in [-0.2, 0) is 4.79 Å². The molecular weight excluding hydrogens is 206 g/mol. The van der Waals surface area contributed by atoms with Crippen LogP contribution in [0.15, 0.2) is 5.16 Å². The Morgan fingerprint density at radius 2 is 2.44 bits per heavy atom. The topological polar surface area (TPSA) is 64.9 Å². The van der Waals surface area contributed by atoms with E-state index in [4.69, 9.17) is 5.21 Å². The van der Waals surface area contributed by atoms with Gasteiger partial charge in [0.05, 0.1) is 11.8 Å². The van der Waals surface area contributed by atoms with Gasteiger partial charge in [-0.05, 0) is 13.8 Å². The van der Waals surface area contributed by atoms with Crippen LogP contribution in [0.3, 0.4) is 0 Å². The lowest BCUT2D eigenvalue weighted by Crippen LogP contribution is -2.50. The lowest BCUT2D eigenvalue weighted by atomic mass is 9.96. The summed E-state index contributed by atoms with van der Waals surface area (Å²) in [6.07, 6.45) is 0.738. The van der Waals surface area contributed by atoms with Gasteiger partial charge in [0.25, 0.3) is 0 Å². The molecule has 1 aliphatic rings. The Bertz CT molecular complexity index is 278. The van der Waals surface area contributed by atoms with Gasteiger partial charge in [-0.25, -0.2) is 0 Å². The van der Waals surface area contributed by atoms with Crippen LogP contribution in [0.2, 0.25) is 0 Å². The molecular formula is C11H21N3O2. The number of likely N-dealkylation sites (tertiary alicyclic amines) is 1. The van der Waals surface area contributed by atoms with Gasteiger partial charge in [0.2, 0.25) is 5.91 Å². The van der Waals surface area contributed by atoms with Crippen molar-refractivity contribution in [3.05, 3.63) is 0 Å². The van der Waals surface area contributed by atoms with Crippen molar-refractivity contribution < 1.29 is 10.0 Å². The van der Waals surface area contributed by atoms with Gasteiger partial charge in [-0.3, -0.25) is 9.69 Å². The summed E-state index contributed by atoms with van der Waals surface area (Å²) in [7, 11) is 0. The molecule has 0 bridgehead atoms. The summed E-state index contributed by atoms with van der Waals surface area (Å²) in [6.45, 7) is 8.07. The lowest BCUT2D eigenvalue weighted by molar-refractivity contribution is -0.126. The van der Waals surface area contributed by atoms with Gasteiger partial charge in [0.1, 0.15) is 0 Å². The van der Waals surface area contributed by atoms with Gasteiger partial charge in [-0.1, -0.05) is 12.1 Å². The van der Waals surface area contributed by atoms with Crippen LogP contribution in [0.1, 0.15) is 27.2 Å². The molecule has 0 spiro atoms. The number of rotatable bonds is 3. The third kappa shape index (κ3) is 2.95. The maximum atomic E-state index is 11.7. The van der Waals surface area contributed by atoms with E-state index < -0.39 is 0 Å². The van der Waals surface area contributed by atoms with E-state index in [0.717, 1.165) is 25.2 Å². The number of nitrogens with zero attached hydrogens (tertiary/aromatic N) is 2. The van der Waals surface area contributed by atoms with Gasteiger partial charge in [0.15, 0.2) is 0 Å². The van der Waals surface area contributed by atoms with Gasteiger partial charge in [0, 0.05) is 32.0 Å². The Morgan fingerprint density at radius 1 is 1.75 bits per heavy atom. The summed E-state index contributed by atoms with van der Waals surface area (Å²) >= 11 is 0. The molecule has 5 nitrogen and oxygen atoms in total. The van der Waals surface area contributed by atoms with E-state index >= 15 is 0 Å². The summed E-state index contributed by atoms with van der Waals surface area (Å²) in [5.41, 5.74) is 0.833. The summed E-state index contributed by atoms with van der Waals surface area (Å²) in [5, 5.41) is 14.9. The van der Waals surface area contributed by atoms with Crippen LogP contribution in [0.25, 0.3) is 0 Å². The number of hydrogen-bond donors (Lipinski definition) is 2. The molecule has 0 saturated carbocycles. The predicted octanol–water partition coefficient (Wildman–Crippen LogP) is 0.683. The summed E-state index contributed by atoms with van der Waals surface area (Å²) in [5.74, 6) is 0.287. The first-order valence-corrected chi connectivity index (χ1v) is 5.82. The minimum atomic E-state index is -0.109. The summed E-state index contributed by atoms with van der Waals surface area (Å²) in [6, 6.07) is -0.109. The molecule has 2 unspecified atom stereocenters. The molecule has 2 N–H and O–H groups in total. The number of oxime groups is 1. The number of carbonyl (C=O) groups is 1. The number of nitrogens with one attached hydrogen (secondary N) is 1. The molecule has 0 radical (unpaired) electrons. The van der Waals surface area contributed by atoms with E-state index in [-0.39, 0.29) is 17.9 Å². The van der Waals surface area contributed by atoms with Crippen molar-refractivity contribution in [3.8, 4) is 0 Å². The van der Waals surface area contributed by atoms with E-state index in [9.17, 15) is 4.79 Å². The molecule has 1 heterocycles. The summed E-state index contributed by atoms with van der Waals surface area (Å²) in [4.78, 5) is 13.8. The molecule has 5 heteroatoms. The van der Waals surface area contributed by atoms with Crippen molar-refractivity contribution in [1.82, 2.24) is 10.2 Å². The fourth-order valence-electron chi connectivity index (χ4n) is 2.04. The normalized spacial score (nSPS) is 26.7. The molecule has 16 heavy (non-hydrogen) atoms. The van der Waals surface area contributed by atoms with E-state index in [1.165, 1.54) is 0 Å². The van der Waals surface area contributed by atoms with Crippen LogP contribution in [0.5, 0.6) is 0 Å². The fraction of sp³-hybridized carbons (Fsp3) is 0.818. The highest BCUT2D eigenvalue weighted by molar-refractivity contribution is 5.87. The fourth-order valence-corrected chi connectivity index (χ4v) is 2.04. The van der Waals surface area contributed by atoms with Crippen molar-refractivity contribution >= 4 is 11.6 Å². The highest BCUT2D eigenvalue weighted by Crippen LogP contribution is 2.16. The van der Waals surface area contributed by atoms with Gasteiger partial charge >= 0.3 is 0 Å². The third-order valence-electron chi connectivity index (χ3n) is 3.14. The maximum absolute atomic E-state index is 11.7. The van der Waals surface area contributed by atoms with Crippen molar-refractivity contribution in [1.29, 1.82) is 0 Å². The lowest BCUT2D eigenvalue weighted by Gasteiger charge is -2.35. The predicted molar refractivity (Wildman–Crippen MR) is 62.7 cm³/mol. The quantitative estimate of drug-likeness (QED) is 0.550. The zero-order valence-corrected chi connectivity index (χ0v) is 10.2. The average Bonchev–Trinajstić information content (AvgIpc) is 2.28. The Labute approximate surface area is 96.5 Å². The standard InChI is InChI=1S/C11H21N3O2/c1-4-12-11(15)9(3)14-6-5-10(13-16)8(2)7-14/h8-9,16H,4-7H2,1-3H3,(H,12,15). The zero-order valence-electron chi connectivity index (χ0n) is 10.2. The average molecular weight is 227 g/mol. The molecule has 0 aromatic heterocycles. The first-order valence-electron chi connectivity index (χ1n) is 5.82. The SMILES string of the molecule is CCNC(=O)C(C)N1CCC(=NO)C(C)C1. The number of hydrogen-bond acceptors (Lipinski definition) is 4. The van der Waals surface area contributed by atoms with Gasteiger partial charge in [-0.15, -0.1) is 0 Å². The first kappa shape index (κ1) is 13.0. The van der Waals surface area contributed by atoms with Crippen LogP contribution in [0.4, 0.5) is 0 Å². The van der Waals surface area contributed by atoms with Crippen LogP contribution < -0.4 is 5.32 Å². The van der Waals surface area contributed by atoms with Crippen molar-refractivity contribution in [2.75, 3.05) is 19.6 Å². The van der Waals surface area contributed by atoms with Gasteiger partial charge < -0.3 is 10.5 Å². The smallest absolute Gasteiger partial charge is 0.237 e. The monoisotopic (exact) mass is 227 g/mol. The number of carbonyl (C=O) groups excluding carboxylic acids is 1.